The molecule has 5 nitrogen and oxygen atoms in total. The van der Waals surface area contributed by atoms with Crippen LogP contribution in [0.15, 0.2) is 24.3 Å². The highest BCUT2D eigenvalue weighted by molar-refractivity contribution is 6.05. The van der Waals surface area contributed by atoms with E-state index in [9.17, 15) is 9.59 Å². The Labute approximate surface area is 118 Å². The maximum absolute atomic E-state index is 12.1. The van der Waals surface area contributed by atoms with E-state index in [0.29, 0.717) is 13.1 Å². The lowest BCUT2D eigenvalue weighted by molar-refractivity contribution is -0.138. The zero-order valence-electron chi connectivity index (χ0n) is 11.9. The van der Waals surface area contributed by atoms with Crippen molar-refractivity contribution in [3.05, 3.63) is 29.8 Å². The molecule has 1 atom stereocenters. The number of ether oxygens (including phenoxy) is 1. The molecule has 1 saturated heterocycles. The van der Waals surface area contributed by atoms with Gasteiger partial charge in [-0.3, -0.25) is 14.5 Å². The molecule has 0 radical (unpaired) electrons. The molecule has 2 rings (SSSR count). The summed E-state index contributed by atoms with van der Waals surface area (Å²) in [5, 5.41) is 3.15. The molecule has 0 saturated carbocycles. The van der Waals surface area contributed by atoms with Crippen molar-refractivity contribution in [2.75, 3.05) is 13.7 Å². The fourth-order valence-corrected chi connectivity index (χ4v) is 2.29. The molecule has 1 aliphatic heterocycles. The van der Waals surface area contributed by atoms with Gasteiger partial charge in [-0.25, -0.2) is 0 Å². The third-order valence-corrected chi connectivity index (χ3v) is 3.40. The highest BCUT2D eigenvalue weighted by Gasteiger charge is 2.37. The van der Waals surface area contributed by atoms with E-state index in [-0.39, 0.29) is 18.2 Å². The standard InChI is InChI=1S/C15H20N2O3/c1-3-8-17-14(18)9-13(15(17)19)16-10-11-4-6-12(20-2)7-5-11/h4-7,13,16H,3,8-10H2,1-2H3. The number of nitrogens with one attached hydrogen (secondary N) is 1. The number of methoxy groups -OCH3 is 1. The molecule has 0 aromatic heterocycles. The van der Waals surface area contributed by atoms with Crippen molar-refractivity contribution in [1.82, 2.24) is 10.2 Å². The Bertz CT molecular complexity index is 484. The number of hydrogen-bond acceptors (Lipinski definition) is 4. The molecule has 0 spiro atoms. The second-order valence-corrected chi connectivity index (χ2v) is 4.87. The Kier molecular flexibility index (Phi) is 4.74. The van der Waals surface area contributed by atoms with Gasteiger partial charge in [-0.1, -0.05) is 19.1 Å². The van der Waals surface area contributed by atoms with Crippen LogP contribution in [0.3, 0.4) is 0 Å². The second kappa shape index (κ2) is 6.52. The topological polar surface area (TPSA) is 58.6 Å². The first kappa shape index (κ1) is 14.5. The minimum Gasteiger partial charge on any atom is -0.497 e. The van der Waals surface area contributed by atoms with Crippen LogP contribution in [-0.2, 0) is 16.1 Å². The lowest BCUT2D eigenvalue weighted by atomic mass is 10.2. The summed E-state index contributed by atoms with van der Waals surface area (Å²) < 4.78 is 5.09. The van der Waals surface area contributed by atoms with Gasteiger partial charge in [0.25, 0.3) is 0 Å². The first-order chi connectivity index (χ1) is 9.65. The SMILES string of the molecule is CCCN1C(=O)CC(NCc2ccc(OC)cc2)C1=O. The molecule has 1 aliphatic rings. The van der Waals surface area contributed by atoms with Crippen LogP contribution in [0.2, 0.25) is 0 Å². The molecule has 1 fully saturated rings. The Hall–Kier alpha value is -1.88. The van der Waals surface area contributed by atoms with Crippen molar-refractivity contribution in [3.8, 4) is 5.75 Å². The van der Waals surface area contributed by atoms with Crippen LogP contribution in [0.5, 0.6) is 5.75 Å². The fraction of sp³-hybridized carbons (Fsp3) is 0.467. The number of carbonyl (C=O) groups excluding carboxylic acids is 2. The first-order valence-corrected chi connectivity index (χ1v) is 6.86. The quantitative estimate of drug-likeness (QED) is 0.796. The van der Waals surface area contributed by atoms with Gasteiger partial charge in [-0.05, 0) is 24.1 Å². The summed E-state index contributed by atoms with van der Waals surface area (Å²) in [6.45, 7) is 3.03. The molecule has 0 aliphatic carbocycles. The molecule has 1 N–H and O–H groups in total. The number of rotatable bonds is 6. The Morgan fingerprint density at radius 2 is 2.00 bits per heavy atom. The van der Waals surface area contributed by atoms with Crippen LogP contribution >= 0.6 is 0 Å². The molecule has 2 amide bonds. The van der Waals surface area contributed by atoms with Gasteiger partial charge in [0, 0.05) is 13.1 Å². The number of amides is 2. The van der Waals surface area contributed by atoms with Crippen molar-refractivity contribution in [1.29, 1.82) is 0 Å². The minimum atomic E-state index is -0.392. The summed E-state index contributed by atoms with van der Waals surface area (Å²) in [7, 11) is 1.62. The summed E-state index contributed by atoms with van der Waals surface area (Å²) in [6.07, 6.45) is 1.05. The van der Waals surface area contributed by atoms with E-state index in [2.05, 4.69) is 5.32 Å². The van der Waals surface area contributed by atoms with Crippen LogP contribution in [0.4, 0.5) is 0 Å². The molecular formula is C15H20N2O3. The van der Waals surface area contributed by atoms with E-state index < -0.39 is 6.04 Å². The van der Waals surface area contributed by atoms with Gasteiger partial charge >= 0.3 is 0 Å². The predicted molar refractivity (Wildman–Crippen MR) is 75.2 cm³/mol. The third kappa shape index (κ3) is 3.17. The number of hydrogen-bond donors (Lipinski definition) is 1. The monoisotopic (exact) mass is 276 g/mol. The molecule has 108 valence electrons. The fourth-order valence-electron chi connectivity index (χ4n) is 2.29. The van der Waals surface area contributed by atoms with Crippen LogP contribution in [0.25, 0.3) is 0 Å². The average molecular weight is 276 g/mol. The van der Waals surface area contributed by atoms with Crippen molar-refractivity contribution < 1.29 is 14.3 Å². The summed E-state index contributed by atoms with van der Waals surface area (Å²) in [5.41, 5.74) is 1.06. The van der Waals surface area contributed by atoms with Gasteiger partial charge in [-0.15, -0.1) is 0 Å². The lowest BCUT2D eigenvalue weighted by Gasteiger charge is -2.14. The van der Waals surface area contributed by atoms with Crippen LogP contribution in [-0.4, -0.2) is 36.4 Å². The van der Waals surface area contributed by atoms with Gasteiger partial charge in [0.15, 0.2) is 0 Å². The van der Waals surface area contributed by atoms with Gasteiger partial charge in [-0.2, -0.15) is 0 Å². The molecule has 0 bridgehead atoms. The molecule has 1 unspecified atom stereocenters. The van der Waals surface area contributed by atoms with Crippen molar-refractivity contribution in [2.45, 2.75) is 32.4 Å². The van der Waals surface area contributed by atoms with E-state index in [0.717, 1.165) is 17.7 Å². The largest absolute Gasteiger partial charge is 0.497 e. The maximum Gasteiger partial charge on any atom is 0.246 e. The molecule has 5 heteroatoms. The molecule has 20 heavy (non-hydrogen) atoms. The average Bonchev–Trinajstić information content (AvgIpc) is 2.73. The number of imide groups is 1. The summed E-state index contributed by atoms with van der Waals surface area (Å²) in [6, 6.07) is 7.24. The molecule has 1 heterocycles. The molecule has 1 aromatic rings. The zero-order valence-corrected chi connectivity index (χ0v) is 11.9. The summed E-state index contributed by atoms with van der Waals surface area (Å²) in [4.78, 5) is 25.1. The number of likely N-dealkylation sites (tertiary alicyclic amines) is 1. The second-order valence-electron chi connectivity index (χ2n) is 4.87. The summed E-state index contributed by atoms with van der Waals surface area (Å²) in [5.74, 6) is 0.615. The van der Waals surface area contributed by atoms with Crippen LogP contribution < -0.4 is 10.1 Å². The van der Waals surface area contributed by atoms with Gasteiger partial charge in [0.05, 0.1) is 19.6 Å². The van der Waals surface area contributed by atoms with Crippen LogP contribution in [0.1, 0.15) is 25.3 Å². The Morgan fingerprint density at radius 3 is 2.60 bits per heavy atom. The van der Waals surface area contributed by atoms with Crippen LogP contribution in [0, 0.1) is 0 Å². The number of nitrogens with zero attached hydrogens (tertiary/aromatic N) is 1. The van der Waals surface area contributed by atoms with E-state index in [1.807, 2.05) is 31.2 Å². The highest BCUT2D eigenvalue weighted by Crippen LogP contribution is 2.15. The van der Waals surface area contributed by atoms with E-state index in [4.69, 9.17) is 4.74 Å². The number of benzene rings is 1. The lowest BCUT2D eigenvalue weighted by Crippen LogP contribution is -2.38. The first-order valence-electron chi connectivity index (χ1n) is 6.86. The summed E-state index contributed by atoms with van der Waals surface area (Å²) >= 11 is 0. The predicted octanol–water partition coefficient (Wildman–Crippen LogP) is 1.32. The van der Waals surface area contributed by atoms with E-state index in [1.54, 1.807) is 7.11 Å². The van der Waals surface area contributed by atoms with Gasteiger partial charge in [0.2, 0.25) is 11.8 Å². The van der Waals surface area contributed by atoms with E-state index in [1.165, 1.54) is 4.90 Å². The third-order valence-electron chi connectivity index (χ3n) is 3.40. The van der Waals surface area contributed by atoms with Crippen molar-refractivity contribution >= 4 is 11.8 Å². The van der Waals surface area contributed by atoms with Crippen molar-refractivity contribution in [3.63, 3.8) is 0 Å². The van der Waals surface area contributed by atoms with E-state index >= 15 is 0 Å². The molecule has 1 aromatic carbocycles. The minimum absolute atomic E-state index is 0.0796. The normalized spacial score (nSPS) is 18.7. The van der Waals surface area contributed by atoms with Crippen molar-refractivity contribution in [2.24, 2.45) is 0 Å². The molecular weight excluding hydrogens is 256 g/mol. The van der Waals surface area contributed by atoms with Gasteiger partial charge < -0.3 is 10.1 Å². The highest BCUT2D eigenvalue weighted by atomic mass is 16.5. The Balaban J connectivity index is 1.90. The van der Waals surface area contributed by atoms with Gasteiger partial charge in [0.1, 0.15) is 5.75 Å². The number of carbonyl (C=O) groups is 2. The zero-order chi connectivity index (χ0) is 14.5. The maximum atomic E-state index is 12.1. The smallest absolute Gasteiger partial charge is 0.246 e. The Morgan fingerprint density at radius 1 is 1.30 bits per heavy atom.